The summed E-state index contributed by atoms with van der Waals surface area (Å²) in [6.45, 7) is 4.71. The topological polar surface area (TPSA) is 185 Å². The van der Waals surface area contributed by atoms with Crippen LogP contribution < -0.4 is 22.1 Å². The van der Waals surface area contributed by atoms with Gasteiger partial charge in [-0.2, -0.15) is 0 Å². The van der Waals surface area contributed by atoms with Gasteiger partial charge in [0, 0.05) is 13.1 Å². The highest BCUT2D eigenvalue weighted by molar-refractivity contribution is 6.35. The summed E-state index contributed by atoms with van der Waals surface area (Å²) in [6.07, 6.45) is 0.551. The van der Waals surface area contributed by atoms with E-state index in [1.807, 2.05) is 13.8 Å². The zero-order valence-electron chi connectivity index (χ0n) is 12.7. The molecular weight excluding hydrogens is 296 g/mol. The Labute approximate surface area is 128 Å². The van der Waals surface area contributed by atoms with E-state index < -0.39 is 29.8 Å². The first-order valence-corrected chi connectivity index (χ1v) is 6.58. The Kier molecular flexibility index (Phi) is 12.6. The van der Waals surface area contributed by atoms with E-state index in [-0.39, 0.29) is 6.54 Å². The number of nitrogens with two attached hydrogens (primary N) is 2. The maximum Gasteiger partial charge on any atom is 0.320 e. The second kappa shape index (κ2) is 12.5. The van der Waals surface area contributed by atoms with Crippen molar-refractivity contribution in [3.63, 3.8) is 0 Å². The summed E-state index contributed by atoms with van der Waals surface area (Å²) < 4.78 is 0. The van der Waals surface area contributed by atoms with Gasteiger partial charge in [-0.3, -0.25) is 19.2 Å². The van der Waals surface area contributed by atoms with Gasteiger partial charge in [-0.15, -0.1) is 0 Å². The van der Waals surface area contributed by atoms with E-state index in [4.69, 9.17) is 15.9 Å². The van der Waals surface area contributed by atoms with Crippen molar-refractivity contribution < 1.29 is 29.4 Å². The highest BCUT2D eigenvalue weighted by Crippen LogP contribution is 2.01. The quantitative estimate of drug-likeness (QED) is 0.312. The van der Waals surface area contributed by atoms with Gasteiger partial charge in [-0.25, -0.2) is 0 Å². The van der Waals surface area contributed by atoms with Gasteiger partial charge < -0.3 is 32.3 Å². The molecule has 2 amide bonds. The predicted molar refractivity (Wildman–Crippen MR) is 77.8 cm³/mol. The highest BCUT2D eigenvalue weighted by Gasteiger charge is 2.15. The molecular formula is C12H24N4O6. The fourth-order valence-corrected chi connectivity index (χ4v) is 1.12. The number of carbonyl (C=O) groups excluding carboxylic acids is 2. The van der Waals surface area contributed by atoms with Crippen molar-refractivity contribution in [2.75, 3.05) is 19.6 Å². The Morgan fingerprint density at radius 1 is 1.14 bits per heavy atom. The van der Waals surface area contributed by atoms with Gasteiger partial charge in [0.2, 0.25) is 0 Å². The molecule has 0 saturated carbocycles. The third-order valence-electron chi connectivity index (χ3n) is 2.12. The number of hydrogen-bond acceptors (Lipinski definition) is 6. The smallest absolute Gasteiger partial charge is 0.320 e. The molecule has 1 aliphatic rings. The van der Waals surface area contributed by atoms with Gasteiger partial charge in [0.25, 0.3) is 0 Å². The van der Waals surface area contributed by atoms with Crippen LogP contribution in [0.1, 0.15) is 20.3 Å². The maximum absolute atomic E-state index is 10.3. The Morgan fingerprint density at radius 3 is 1.64 bits per heavy atom. The number of piperazine rings is 1. The molecule has 1 heterocycles. The number of carbonyl (C=O) groups is 4. The Bertz CT molecular complexity index is 370. The summed E-state index contributed by atoms with van der Waals surface area (Å²) in [7, 11) is 0. The molecule has 0 aromatic rings. The van der Waals surface area contributed by atoms with Crippen LogP contribution in [0.3, 0.4) is 0 Å². The first-order chi connectivity index (χ1) is 10.1. The van der Waals surface area contributed by atoms with E-state index in [1.54, 1.807) is 0 Å². The Morgan fingerprint density at radius 2 is 1.50 bits per heavy atom. The van der Waals surface area contributed by atoms with Gasteiger partial charge in [0.1, 0.15) is 6.04 Å². The zero-order chi connectivity index (χ0) is 17.7. The first-order valence-electron chi connectivity index (χ1n) is 6.58. The molecule has 0 unspecified atom stereocenters. The second-order valence-electron chi connectivity index (χ2n) is 4.68. The van der Waals surface area contributed by atoms with Crippen molar-refractivity contribution in [1.82, 2.24) is 10.6 Å². The van der Waals surface area contributed by atoms with Crippen molar-refractivity contribution >= 4 is 23.8 Å². The van der Waals surface area contributed by atoms with Gasteiger partial charge in [-0.05, 0) is 12.3 Å². The van der Waals surface area contributed by atoms with Crippen LogP contribution in [-0.2, 0) is 19.2 Å². The van der Waals surface area contributed by atoms with Crippen LogP contribution in [-0.4, -0.2) is 59.6 Å². The van der Waals surface area contributed by atoms with Crippen molar-refractivity contribution in [2.24, 2.45) is 17.4 Å². The third-order valence-corrected chi connectivity index (χ3v) is 2.12. The number of aliphatic carboxylic acids is 2. The summed E-state index contributed by atoms with van der Waals surface area (Å²) in [6, 6.07) is -0.690. The largest absolute Gasteiger partial charge is 0.480 e. The van der Waals surface area contributed by atoms with Crippen LogP contribution >= 0.6 is 0 Å². The van der Waals surface area contributed by atoms with Crippen LogP contribution in [0, 0.1) is 5.92 Å². The second-order valence-corrected chi connectivity index (χ2v) is 4.68. The summed E-state index contributed by atoms with van der Waals surface area (Å²) >= 11 is 0. The average Bonchev–Trinajstić information content (AvgIpc) is 2.42. The molecule has 0 spiro atoms. The molecule has 0 aromatic heterocycles. The third kappa shape index (κ3) is 14.2. The lowest BCUT2D eigenvalue weighted by atomic mass is 10.1. The van der Waals surface area contributed by atoms with E-state index >= 15 is 0 Å². The van der Waals surface area contributed by atoms with Crippen LogP contribution in [0.4, 0.5) is 0 Å². The van der Waals surface area contributed by atoms with Crippen LogP contribution in [0.5, 0.6) is 0 Å². The Balaban J connectivity index is 0. The lowest BCUT2D eigenvalue weighted by Gasteiger charge is -2.10. The monoisotopic (exact) mass is 320 g/mol. The van der Waals surface area contributed by atoms with E-state index in [1.165, 1.54) is 0 Å². The molecule has 1 aliphatic heterocycles. The number of carboxylic acid groups (broad SMARTS) is 2. The minimum Gasteiger partial charge on any atom is -0.480 e. The Hall–Kier alpha value is -2.20. The molecule has 10 heteroatoms. The molecule has 128 valence electrons. The zero-order valence-corrected chi connectivity index (χ0v) is 12.7. The molecule has 0 aromatic carbocycles. The van der Waals surface area contributed by atoms with Crippen LogP contribution in [0.2, 0.25) is 0 Å². The van der Waals surface area contributed by atoms with Crippen LogP contribution in [0.15, 0.2) is 0 Å². The number of rotatable bonds is 4. The molecule has 1 saturated heterocycles. The molecule has 0 aliphatic carbocycles. The molecule has 0 radical (unpaired) electrons. The molecule has 22 heavy (non-hydrogen) atoms. The minimum atomic E-state index is -0.968. The fourth-order valence-electron chi connectivity index (χ4n) is 1.12. The lowest BCUT2D eigenvalue weighted by Crippen LogP contribution is -2.49. The van der Waals surface area contributed by atoms with Crippen molar-refractivity contribution in [3.05, 3.63) is 0 Å². The minimum absolute atomic E-state index is 0.278. The number of hydrogen-bond donors (Lipinski definition) is 6. The molecule has 8 N–H and O–H groups in total. The van der Waals surface area contributed by atoms with E-state index in [9.17, 15) is 19.2 Å². The molecule has 1 fully saturated rings. The standard InChI is InChI=1S/C6H13NO2.C4H6N2O2.C2H5NO2/c1-4(2)3-5(7)6(8)9;7-3-4(8)6-2-1-5-3;3-1-2(4)5/h4-5H,3,7H2,1-2H3,(H,8,9);1-2H2,(H,5,7)(H,6,8);1,3H2,(H,4,5)/t5-;;/m0../s1. The predicted octanol–water partition coefficient (Wildman–Crippen LogP) is -2.29. The highest BCUT2D eigenvalue weighted by atomic mass is 16.4. The van der Waals surface area contributed by atoms with E-state index in [0.29, 0.717) is 25.4 Å². The normalized spacial score (nSPS) is 14.4. The summed E-state index contributed by atoms with van der Waals surface area (Å²) in [5.74, 6) is -2.59. The summed E-state index contributed by atoms with van der Waals surface area (Å²) in [4.78, 5) is 39.9. The number of carboxylic acids is 2. The lowest BCUT2D eigenvalue weighted by molar-refractivity contribution is -0.140. The number of amides is 2. The van der Waals surface area contributed by atoms with Gasteiger partial charge in [-0.1, -0.05) is 13.8 Å². The average molecular weight is 320 g/mol. The molecule has 1 atom stereocenters. The van der Waals surface area contributed by atoms with Crippen molar-refractivity contribution in [2.45, 2.75) is 26.3 Å². The first kappa shape index (κ1) is 22.1. The SMILES string of the molecule is CC(C)C[C@H](N)C(=O)O.NCC(=O)O.O=C1NCCNC1=O. The maximum atomic E-state index is 10.3. The van der Waals surface area contributed by atoms with Gasteiger partial charge in [0.05, 0.1) is 6.54 Å². The molecule has 1 rings (SSSR count). The summed E-state index contributed by atoms with van der Waals surface area (Å²) in [5, 5.41) is 20.7. The van der Waals surface area contributed by atoms with Crippen LogP contribution in [0.25, 0.3) is 0 Å². The summed E-state index contributed by atoms with van der Waals surface area (Å²) in [5.41, 5.74) is 9.79. The van der Waals surface area contributed by atoms with E-state index in [2.05, 4.69) is 16.4 Å². The molecule has 0 bridgehead atoms. The van der Waals surface area contributed by atoms with E-state index in [0.717, 1.165) is 0 Å². The number of nitrogens with one attached hydrogen (secondary N) is 2. The fraction of sp³-hybridized carbons (Fsp3) is 0.667. The van der Waals surface area contributed by atoms with Crippen molar-refractivity contribution in [1.29, 1.82) is 0 Å². The van der Waals surface area contributed by atoms with Crippen molar-refractivity contribution in [3.8, 4) is 0 Å². The molecule has 10 nitrogen and oxygen atoms in total. The van der Waals surface area contributed by atoms with Gasteiger partial charge in [0.15, 0.2) is 0 Å². The van der Waals surface area contributed by atoms with Gasteiger partial charge >= 0.3 is 23.8 Å².